The first-order chi connectivity index (χ1) is 12.1. The third-order valence-electron chi connectivity index (χ3n) is 4.30. The molecule has 1 N–H and O–H groups in total. The van der Waals surface area contributed by atoms with Crippen LogP contribution < -0.4 is 5.32 Å². The summed E-state index contributed by atoms with van der Waals surface area (Å²) < 4.78 is 19.7. The number of carbonyl (C=O) groups is 1. The van der Waals surface area contributed by atoms with Gasteiger partial charge in [0.1, 0.15) is 5.82 Å². The summed E-state index contributed by atoms with van der Waals surface area (Å²) in [6, 6.07) is 13.5. The Balaban J connectivity index is 1.55. The van der Waals surface area contributed by atoms with Crippen molar-refractivity contribution < 1.29 is 13.6 Å². The van der Waals surface area contributed by atoms with Crippen LogP contribution in [0.1, 0.15) is 18.4 Å². The van der Waals surface area contributed by atoms with Crippen molar-refractivity contribution in [3.05, 3.63) is 64.9 Å². The van der Waals surface area contributed by atoms with Gasteiger partial charge in [-0.2, -0.15) is 0 Å². The molecule has 1 fully saturated rings. The Bertz CT molecular complexity index is 939. The Labute approximate surface area is 147 Å². The minimum Gasteiger partial charge on any atom is -0.403 e. The van der Waals surface area contributed by atoms with Gasteiger partial charge in [0, 0.05) is 16.1 Å². The molecule has 0 saturated heterocycles. The Morgan fingerprint density at radius 2 is 1.92 bits per heavy atom. The second kappa shape index (κ2) is 5.97. The van der Waals surface area contributed by atoms with Gasteiger partial charge in [-0.05, 0) is 37.1 Å². The number of benzene rings is 2. The number of halogens is 2. The van der Waals surface area contributed by atoms with E-state index in [1.807, 2.05) is 30.3 Å². The normalized spacial score (nSPS) is 15.0. The molecule has 1 heterocycles. The van der Waals surface area contributed by atoms with Crippen LogP contribution >= 0.6 is 11.6 Å². The topological polar surface area (TPSA) is 68.0 Å². The van der Waals surface area contributed by atoms with E-state index in [4.69, 9.17) is 16.0 Å². The van der Waals surface area contributed by atoms with Crippen LogP contribution in [0.5, 0.6) is 0 Å². The number of hydrogen-bond donors (Lipinski definition) is 1. The van der Waals surface area contributed by atoms with Crippen molar-refractivity contribution in [3.8, 4) is 11.5 Å². The molecular weight excluding hydrogens is 345 g/mol. The van der Waals surface area contributed by atoms with Crippen LogP contribution in [0.4, 0.5) is 10.4 Å². The predicted octanol–water partition coefficient (Wildman–Crippen LogP) is 4.20. The summed E-state index contributed by atoms with van der Waals surface area (Å²) in [5, 5.41) is 10.7. The molecule has 2 aromatic carbocycles. The average molecular weight is 358 g/mol. The molecule has 0 spiro atoms. The number of aromatic nitrogens is 2. The van der Waals surface area contributed by atoms with Crippen LogP contribution in [-0.2, 0) is 10.2 Å². The van der Waals surface area contributed by atoms with E-state index in [2.05, 4.69) is 15.5 Å². The van der Waals surface area contributed by atoms with E-state index in [1.165, 1.54) is 6.07 Å². The molecule has 3 aromatic rings. The first-order valence-corrected chi connectivity index (χ1v) is 8.12. The lowest BCUT2D eigenvalue weighted by Gasteiger charge is -2.15. The molecule has 0 aliphatic heterocycles. The van der Waals surface area contributed by atoms with Gasteiger partial charge in [-0.3, -0.25) is 10.1 Å². The lowest BCUT2D eigenvalue weighted by molar-refractivity contribution is -0.118. The highest BCUT2D eigenvalue weighted by atomic mass is 35.5. The van der Waals surface area contributed by atoms with Gasteiger partial charge >= 0.3 is 6.01 Å². The fourth-order valence-electron chi connectivity index (χ4n) is 2.81. The average Bonchev–Trinajstić information content (AvgIpc) is 3.28. The number of amides is 1. The molecule has 1 amide bonds. The van der Waals surface area contributed by atoms with Crippen molar-refractivity contribution in [2.45, 2.75) is 18.3 Å². The van der Waals surface area contributed by atoms with Crippen LogP contribution in [0.25, 0.3) is 11.5 Å². The first kappa shape index (κ1) is 15.8. The molecule has 1 aliphatic carbocycles. The maximum Gasteiger partial charge on any atom is 0.322 e. The summed E-state index contributed by atoms with van der Waals surface area (Å²) in [7, 11) is 0. The number of rotatable bonds is 4. The van der Waals surface area contributed by atoms with Gasteiger partial charge < -0.3 is 4.42 Å². The third kappa shape index (κ3) is 2.89. The Morgan fingerprint density at radius 1 is 1.16 bits per heavy atom. The molecular formula is C18H13ClFN3O2. The van der Waals surface area contributed by atoms with Gasteiger partial charge in [-0.25, -0.2) is 4.39 Å². The maximum atomic E-state index is 14.2. The molecule has 25 heavy (non-hydrogen) atoms. The quantitative estimate of drug-likeness (QED) is 0.759. The molecule has 1 aromatic heterocycles. The molecule has 0 radical (unpaired) electrons. The van der Waals surface area contributed by atoms with E-state index in [1.54, 1.807) is 12.1 Å². The van der Waals surface area contributed by atoms with Gasteiger partial charge in [0.25, 0.3) is 0 Å². The Morgan fingerprint density at radius 3 is 2.60 bits per heavy atom. The number of nitrogens with zero attached hydrogens (tertiary/aromatic N) is 2. The first-order valence-electron chi connectivity index (χ1n) is 7.74. The van der Waals surface area contributed by atoms with Crippen LogP contribution in [0.2, 0.25) is 5.02 Å². The van der Waals surface area contributed by atoms with Gasteiger partial charge in [0.15, 0.2) is 0 Å². The number of carbonyl (C=O) groups excluding carboxylic acids is 1. The smallest absolute Gasteiger partial charge is 0.322 e. The van der Waals surface area contributed by atoms with Crippen molar-refractivity contribution in [1.82, 2.24) is 10.2 Å². The maximum absolute atomic E-state index is 14.2. The second-order valence-electron chi connectivity index (χ2n) is 5.94. The highest BCUT2D eigenvalue weighted by Gasteiger charge is 2.53. The Hall–Kier alpha value is -2.73. The minimum absolute atomic E-state index is 0.00972. The molecule has 0 atom stereocenters. The summed E-state index contributed by atoms with van der Waals surface area (Å²) in [5.41, 5.74) is 0.174. The fraction of sp³-hybridized carbons (Fsp3) is 0.167. The minimum atomic E-state index is -0.907. The molecule has 5 nitrogen and oxygen atoms in total. The van der Waals surface area contributed by atoms with Gasteiger partial charge in [0.2, 0.25) is 11.8 Å². The second-order valence-corrected chi connectivity index (χ2v) is 6.38. The lowest BCUT2D eigenvalue weighted by atomic mass is 9.94. The van der Waals surface area contributed by atoms with E-state index in [-0.39, 0.29) is 11.9 Å². The zero-order valence-electron chi connectivity index (χ0n) is 13.0. The van der Waals surface area contributed by atoms with Crippen molar-refractivity contribution >= 4 is 23.5 Å². The summed E-state index contributed by atoms with van der Waals surface area (Å²) in [6.07, 6.45) is 1.11. The van der Waals surface area contributed by atoms with Crippen LogP contribution in [-0.4, -0.2) is 16.1 Å². The number of hydrogen-bond acceptors (Lipinski definition) is 4. The van der Waals surface area contributed by atoms with E-state index in [0.29, 0.717) is 29.3 Å². The molecule has 7 heteroatoms. The molecule has 0 unspecified atom stereocenters. The largest absolute Gasteiger partial charge is 0.403 e. The summed E-state index contributed by atoms with van der Waals surface area (Å²) >= 11 is 5.78. The van der Waals surface area contributed by atoms with Crippen LogP contribution in [0, 0.1) is 5.82 Å². The van der Waals surface area contributed by atoms with Gasteiger partial charge in [-0.1, -0.05) is 41.0 Å². The highest BCUT2D eigenvalue weighted by Crippen LogP contribution is 2.50. The van der Waals surface area contributed by atoms with Crippen molar-refractivity contribution in [2.75, 3.05) is 5.32 Å². The monoisotopic (exact) mass is 357 g/mol. The summed E-state index contributed by atoms with van der Waals surface area (Å²) in [4.78, 5) is 12.6. The van der Waals surface area contributed by atoms with Crippen molar-refractivity contribution in [3.63, 3.8) is 0 Å². The van der Waals surface area contributed by atoms with E-state index < -0.39 is 11.2 Å². The molecule has 126 valence electrons. The summed E-state index contributed by atoms with van der Waals surface area (Å²) in [6.45, 7) is 0. The number of anilines is 1. The molecule has 1 saturated carbocycles. The predicted molar refractivity (Wildman–Crippen MR) is 90.7 cm³/mol. The Kier molecular flexibility index (Phi) is 3.77. The SMILES string of the molecule is O=C(Nc1nnc(-c2ccccc2)o1)C1(c2ccc(Cl)cc2F)CC1. The zero-order valence-corrected chi connectivity index (χ0v) is 13.8. The van der Waals surface area contributed by atoms with Gasteiger partial charge in [0.05, 0.1) is 5.41 Å². The van der Waals surface area contributed by atoms with E-state index >= 15 is 0 Å². The molecule has 0 bridgehead atoms. The summed E-state index contributed by atoms with van der Waals surface area (Å²) in [5.74, 6) is -0.550. The van der Waals surface area contributed by atoms with Crippen LogP contribution in [0.15, 0.2) is 52.9 Å². The van der Waals surface area contributed by atoms with Gasteiger partial charge in [-0.15, -0.1) is 5.10 Å². The lowest BCUT2D eigenvalue weighted by Crippen LogP contribution is -2.28. The molecule has 1 aliphatic rings. The third-order valence-corrected chi connectivity index (χ3v) is 4.53. The number of nitrogens with one attached hydrogen (secondary N) is 1. The van der Waals surface area contributed by atoms with Crippen LogP contribution in [0.3, 0.4) is 0 Å². The highest BCUT2D eigenvalue weighted by molar-refractivity contribution is 6.30. The van der Waals surface area contributed by atoms with E-state index in [9.17, 15) is 9.18 Å². The fourth-order valence-corrected chi connectivity index (χ4v) is 2.97. The van der Waals surface area contributed by atoms with Crippen molar-refractivity contribution in [2.24, 2.45) is 0 Å². The van der Waals surface area contributed by atoms with E-state index in [0.717, 1.165) is 5.56 Å². The van der Waals surface area contributed by atoms with Crippen molar-refractivity contribution in [1.29, 1.82) is 0 Å². The zero-order chi connectivity index (χ0) is 17.4. The standard InChI is InChI=1S/C18H13ClFN3O2/c19-12-6-7-13(14(20)10-12)18(8-9-18)16(24)21-17-23-22-15(25-17)11-4-2-1-3-5-11/h1-7,10H,8-9H2,(H,21,23,24). The molecule has 4 rings (SSSR count).